The fourth-order valence-corrected chi connectivity index (χ4v) is 4.41. The highest BCUT2D eigenvalue weighted by molar-refractivity contribution is 7.73. The topological polar surface area (TPSA) is 47.0 Å². The van der Waals surface area contributed by atoms with Crippen LogP contribution >= 0.6 is 11.3 Å². The average molecular weight is 371 g/mol. The maximum Gasteiger partial charge on any atom is 0.416 e. The number of benzene rings is 1. The first-order valence-corrected chi connectivity index (χ1v) is 9.03. The predicted octanol–water partition coefficient (Wildman–Crippen LogP) is 4.35. The van der Waals surface area contributed by atoms with Crippen molar-refractivity contribution in [2.75, 3.05) is 0 Å². The highest BCUT2D eigenvalue weighted by atomic mass is 32.2. The van der Waals surface area contributed by atoms with Gasteiger partial charge in [-0.15, -0.1) is 11.3 Å². The van der Waals surface area contributed by atoms with Gasteiger partial charge in [-0.25, -0.2) is 4.98 Å². The Kier molecular flexibility index (Phi) is 4.35. The van der Waals surface area contributed by atoms with E-state index in [1.54, 1.807) is 12.2 Å². The lowest BCUT2D eigenvalue weighted by molar-refractivity contribution is -0.137. The summed E-state index contributed by atoms with van der Waals surface area (Å²) >= 11 is 1.26. The Labute approximate surface area is 141 Å². The second kappa shape index (κ2) is 6.18. The first-order chi connectivity index (χ1) is 11.3. The maximum atomic E-state index is 12.8. The molecule has 24 heavy (non-hydrogen) atoms. The lowest BCUT2D eigenvalue weighted by Crippen LogP contribution is -2.16. The number of aromatic nitrogens is 1. The lowest BCUT2D eigenvalue weighted by Gasteiger charge is -2.18. The smallest absolute Gasteiger partial charge is 0.236 e. The molecule has 0 radical (unpaired) electrons. The van der Waals surface area contributed by atoms with Crippen molar-refractivity contribution in [3.8, 4) is 0 Å². The summed E-state index contributed by atoms with van der Waals surface area (Å²) in [5, 5.41) is 0.545. The van der Waals surface area contributed by atoms with Gasteiger partial charge in [0.05, 0.1) is 20.6 Å². The second-order valence-corrected chi connectivity index (χ2v) is 7.25. The summed E-state index contributed by atoms with van der Waals surface area (Å²) in [5.74, 6) is -0.337. The van der Waals surface area contributed by atoms with E-state index in [0.29, 0.717) is 21.7 Å². The van der Waals surface area contributed by atoms with Crippen molar-refractivity contribution in [1.82, 2.24) is 4.98 Å². The van der Waals surface area contributed by atoms with Crippen LogP contribution in [0.4, 0.5) is 13.2 Å². The first-order valence-electron chi connectivity index (χ1n) is 7.13. The molecule has 1 aliphatic carbocycles. The zero-order chi connectivity index (χ0) is 17.5. The summed E-state index contributed by atoms with van der Waals surface area (Å²) in [5.41, 5.74) is 0.234. The van der Waals surface area contributed by atoms with Crippen molar-refractivity contribution in [2.24, 2.45) is 5.92 Å². The van der Waals surface area contributed by atoms with E-state index in [-0.39, 0.29) is 16.3 Å². The largest absolute Gasteiger partial charge is 0.416 e. The van der Waals surface area contributed by atoms with Crippen LogP contribution in [0.5, 0.6) is 0 Å². The molecular formula is C16H12F3NO2S2. The van der Waals surface area contributed by atoms with Gasteiger partial charge in [-0.05, 0) is 36.3 Å². The van der Waals surface area contributed by atoms with Crippen LogP contribution in [-0.2, 0) is 16.5 Å². The summed E-state index contributed by atoms with van der Waals surface area (Å²) in [6.07, 6.45) is 1.07. The third-order valence-corrected chi connectivity index (χ3v) is 5.71. The molecule has 1 unspecified atom stereocenters. The Balaban J connectivity index is 2.11. The van der Waals surface area contributed by atoms with Gasteiger partial charge in [0, 0.05) is 5.92 Å². The molecule has 1 atom stereocenters. The van der Waals surface area contributed by atoms with Crippen LogP contribution in [-0.4, -0.2) is 18.3 Å². The zero-order valence-corrected chi connectivity index (χ0v) is 14.1. The highest BCUT2D eigenvalue weighted by Crippen LogP contribution is 2.37. The lowest BCUT2D eigenvalue weighted by atomic mass is 9.89. The van der Waals surface area contributed by atoms with Gasteiger partial charge in [-0.2, -0.15) is 21.6 Å². The number of alkyl halides is 3. The number of halogens is 3. The molecule has 0 bridgehead atoms. The molecule has 1 aromatic heterocycles. The van der Waals surface area contributed by atoms with Crippen molar-refractivity contribution >= 4 is 42.3 Å². The van der Waals surface area contributed by atoms with E-state index in [2.05, 4.69) is 4.98 Å². The van der Waals surface area contributed by atoms with Gasteiger partial charge < -0.3 is 0 Å². The van der Waals surface area contributed by atoms with Crippen LogP contribution in [0.25, 0.3) is 15.8 Å². The van der Waals surface area contributed by atoms with Crippen LogP contribution in [0, 0.1) is 5.92 Å². The maximum absolute atomic E-state index is 12.8. The fraction of sp³-hybridized carbons (Fsp3) is 0.250. The SMILES string of the molecule is CCC1C(c2nc3cc(C(F)(F)F)ccc3s2)=CC=CC1=S(=O)=O. The first kappa shape index (κ1) is 16.9. The van der Waals surface area contributed by atoms with Gasteiger partial charge in [0.15, 0.2) is 0 Å². The van der Waals surface area contributed by atoms with E-state index in [0.717, 1.165) is 12.1 Å². The van der Waals surface area contributed by atoms with E-state index < -0.39 is 22.0 Å². The molecule has 1 aliphatic rings. The van der Waals surface area contributed by atoms with E-state index >= 15 is 0 Å². The fourth-order valence-electron chi connectivity index (χ4n) is 2.67. The van der Waals surface area contributed by atoms with Gasteiger partial charge >= 0.3 is 6.18 Å². The Morgan fingerprint density at radius 3 is 2.67 bits per heavy atom. The highest BCUT2D eigenvalue weighted by Gasteiger charge is 2.31. The molecule has 0 aliphatic heterocycles. The number of allylic oxidation sites excluding steroid dienone is 4. The molecule has 8 heteroatoms. The van der Waals surface area contributed by atoms with E-state index in [4.69, 9.17) is 0 Å². The average Bonchev–Trinajstić information content (AvgIpc) is 2.95. The quantitative estimate of drug-likeness (QED) is 0.738. The number of rotatable bonds is 2. The van der Waals surface area contributed by atoms with Crippen molar-refractivity contribution in [2.45, 2.75) is 19.5 Å². The van der Waals surface area contributed by atoms with Crippen LogP contribution in [0.2, 0.25) is 0 Å². The summed E-state index contributed by atoms with van der Waals surface area (Å²) in [4.78, 5) is 4.57. The number of fused-ring (bicyclic) bond motifs is 1. The number of hydrogen-bond donors (Lipinski definition) is 0. The summed E-state index contributed by atoms with van der Waals surface area (Å²) in [6.45, 7) is 1.86. The van der Waals surface area contributed by atoms with Crippen LogP contribution in [0.1, 0.15) is 23.9 Å². The van der Waals surface area contributed by atoms with E-state index in [9.17, 15) is 21.6 Å². The molecule has 0 N–H and O–H groups in total. The second-order valence-electron chi connectivity index (χ2n) is 5.28. The number of hydrogen-bond acceptors (Lipinski definition) is 4. The monoisotopic (exact) mass is 371 g/mol. The van der Waals surface area contributed by atoms with Gasteiger partial charge in [0.1, 0.15) is 5.01 Å². The predicted molar refractivity (Wildman–Crippen MR) is 89.4 cm³/mol. The summed E-state index contributed by atoms with van der Waals surface area (Å²) in [7, 11) is -2.34. The molecule has 0 spiro atoms. The molecular weight excluding hydrogens is 359 g/mol. The number of nitrogens with zero attached hydrogens (tertiary/aromatic N) is 1. The minimum Gasteiger partial charge on any atom is -0.236 e. The molecule has 1 aromatic carbocycles. The van der Waals surface area contributed by atoms with Gasteiger partial charge in [-0.3, -0.25) is 0 Å². The van der Waals surface area contributed by atoms with Gasteiger partial charge in [0.2, 0.25) is 10.3 Å². The van der Waals surface area contributed by atoms with Crippen LogP contribution < -0.4 is 0 Å². The molecule has 0 fully saturated rings. The van der Waals surface area contributed by atoms with Crippen LogP contribution in [0.3, 0.4) is 0 Å². The molecule has 2 aromatic rings. The Bertz CT molecular complexity index is 990. The van der Waals surface area contributed by atoms with Crippen molar-refractivity contribution in [3.05, 3.63) is 47.0 Å². The minimum absolute atomic E-state index is 0.264. The molecule has 0 amide bonds. The van der Waals surface area contributed by atoms with Crippen molar-refractivity contribution < 1.29 is 21.6 Å². The van der Waals surface area contributed by atoms with Crippen molar-refractivity contribution in [1.29, 1.82) is 0 Å². The minimum atomic E-state index is -4.42. The molecule has 1 heterocycles. The third-order valence-electron chi connectivity index (χ3n) is 3.82. The molecule has 0 saturated heterocycles. The normalized spacial score (nSPS) is 18.1. The Morgan fingerprint density at radius 1 is 1.29 bits per heavy atom. The summed E-state index contributed by atoms with van der Waals surface area (Å²) < 4.78 is 61.8. The van der Waals surface area contributed by atoms with Gasteiger partial charge in [0.25, 0.3) is 0 Å². The Morgan fingerprint density at radius 2 is 2.04 bits per heavy atom. The van der Waals surface area contributed by atoms with E-state index in [1.807, 2.05) is 6.92 Å². The third kappa shape index (κ3) is 3.03. The standard InChI is InChI=1S/C16H12F3NO2S2/c1-2-10-11(4-3-5-14(10)24(21)22)15-20-12-8-9(16(17,18)19)6-7-13(12)23-15/h3-8,10H,2H2,1H3. The molecule has 0 saturated carbocycles. The number of thiazole rings is 1. The van der Waals surface area contributed by atoms with E-state index in [1.165, 1.54) is 23.5 Å². The molecule has 3 nitrogen and oxygen atoms in total. The van der Waals surface area contributed by atoms with Crippen LogP contribution in [0.15, 0.2) is 36.4 Å². The van der Waals surface area contributed by atoms with Crippen molar-refractivity contribution in [3.63, 3.8) is 0 Å². The molecule has 3 rings (SSSR count). The zero-order valence-electron chi connectivity index (χ0n) is 12.5. The summed E-state index contributed by atoms with van der Waals surface area (Å²) in [6, 6.07) is 3.45. The molecule has 126 valence electrons. The van der Waals surface area contributed by atoms with Gasteiger partial charge in [-0.1, -0.05) is 19.1 Å². The Hall–Kier alpha value is -1.93.